The first kappa shape index (κ1) is 19.7. The van der Waals surface area contributed by atoms with Crippen LogP contribution in [-0.4, -0.2) is 27.2 Å². The van der Waals surface area contributed by atoms with Crippen LogP contribution >= 0.6 is 15.9 Å². The molecule has 0 amide bonds. The van der Waals surface area contributed by atoms with E-state index < -0.39 is 0 Å². The first-order chi connectivity index (χ1) is 12.1. The predicted octanol–water partition coefficient (Wildman–Crippen LogP) is 3.87. The fraction of sp³-hybridized carbons (Fsp3) is 0.368. The van der Waals surface area contributed by atoms with E-state index in [-0.39, 0.29) is 5.82 Å². The minimum atomic E-state index is -0.254. The Morgan fingerprint density at radius 2 is 1.84 bits per heavy atom. The Hall–Kier alpha value is -1.63. The van der Waals surface area contributed by atoms with E-state index in [0.717, 1.165) is 41.7 Å². The Bertz CT molecular complexity index is 665. The van der Waals surface area contributed by atoms with E-state index in [1.807, 2.05) is 19.2 Å². The third-order valence-corrected chi connectivity index (χ3v) is 4.47. The van der Waals surface area contributed by atoms with Gasteiger partial charge in [-0.3, -0.25) is 0 Å². The Morgan fingerprint density at radius 3 is 2.52 bits per heavy atom. The molecule has 0 aliphatic carbocycles. The van der Waals surface area contributed by atoms with Gasteiger partial charge in [0.15, 0.2) is 11.5 Å². The zero-order chi connectivity index (χ0) is 18.1. The van der Waals surface area contributed by atoms with Gasteiger partial charge in [0, 0.05) is 11.0 Å². The Morgan fingerprint density at radius 1 is 1.08 bits per heavy atom. The molecule has 2 rings (SSSR count). The van der Waals surface area contributed by atoms with Gasteiger partial charge in [-0.15, -0.1) is 0 Å². The number of rotatable bonds is 10. The number of hydrogen-bond acceptors (Lipinski definition) is 4. The normalized spacial score (nSPS) is 10.7. The molecule has 0 radical (unpaired) electrons. The zero-order valence-corrected chi connectivity index (χ0v) is 16.2. The molecule has 0 heterocycles. The lowest BCUT2D eigenvalue weighted by Gasteiger charge is -2.14. The van der Waals surface area contributed by atoms with Crippen LogP contribution in [0.3, 0.4) is 0 Å². The van der Waals surface area contributed by atoms with E-state index in [2.05, 4.69) is 26.6 Å². The summed E-state index contributed by atoms with van der Waals surface area (Å²) in [7, 11) is 3.57. The number of nitrogens with one attached hydrogen (secondary N) is 2. The highest BCUT2D eigenvalue weighted by Crippen LogP contribution is 2.34. The summed E-state index contributed by atoms with van der Waals surface area (Å²) < 4.78 is 25.2. The summed E-state index contributed by atoms with van der Waals surface area (Å²) in [6.45, 7) is 3.04. The van der Waals surface area contributed by atoms with Crippen molar-refractivity contribution in [3.8, 4) is 11.5 Å². The lowest BCUT2D eigenvalue weighted by atomic mass is 10.2. The van der Waals surface area contributed by atoms with Crippen molar-refractivity contribution < 1.29 is 13.9 Å². The van der Waals surface area contributed by atoms with E-state index in [1.165, 1.54) is 12.1 Å². The Labute approximate surface area is 156 Å². The molecule has 2 aromatic rings. The molecule has 0 unspecified atom stereocenters. The maximum absolute atomic E-state index is 13.0. The van der Waals surface area contributed by atoms with Crippen LogP contribution < -0.4 is 20.1 Å². The second kappa shape index (κ2) is 10.4. The van der Waals surface area contributed by atoms with Crippen LogP contribution in [0.1, 0.15) is 17.5 Å². The van der Waals surface area contributed by atoms with E-state index in [0.29, 0.717) is 18.1 Å². The second-order valence-electron chi connectivity index (χ2n) is 5.64. The van der Waals surface area contributed by atoms with Crippen molar-refractivity contribution in [1.29, 1.82) is 0 Å². The van der Waals surface area contributed by atoms with Gasteiger partial charge in [-0.25, -0.2) is 4.39 Å². The molecule has 4 nitrogen and oxygen atoms in total. The maximum atomic E-state index is 13.0. The van der Waals surface area contributed by atoms with Gasteiger partial charge >= 0.3 is 0 Å². The summed E-state index contributed by atoms with van der Waals surface area (Å²) in [6.07, 6.45) is 1.07. The zero-order valence-electron chi connectivity index (χ0n) is 14.6. The van der Waals surface area contributed by atoms with Crippen molar-refractivity contribution in [1.82, 2.24) is 10.6 Å². The van der Waals surface area contributed by atoms with Crippen molar-refractivity contribution in [2.45, 2.75) is 19.6 Å². The lowest BCUT2D eigenvalue weighted by Crippen LogP contribution is -2.19. The lowest BCUT2D eigenvalue weighted by molar-refractivity contribution is 0.284. The first-order valence-electron chi connectivity index (χ1n) is 8.23. The fourth-order valence-corrected chi connectivity index (χ4v) is 2.80. The van der Waals surface area contributed by atoms with E-state index in [9.17, 15) is 4.39 Å². The van der Waals surface area contributed by atoms with Crippen LogP contribution in [-0.2, 0) is 13.2 Å². The Kier molecular flexibility index (Phi) is 8.18. The van der Waals surface area contributed by atoms with Crippen LogP contribution in [0, 0.1) is 5.82 Å². The van der Waals surface area contributed by atoms with Gasteiger partial charge in [-0.05, 0) is 62.0 Å². The number of ether oxygens (including phenoxy) is 2. The average molecular weight is 411 g/mol. The number of halogens is 2. The minimum Gasteiger partial charge on any atom is -0.493 e. The van der Waals surface area contributed by atoms with Gasteiger partial charge < -0.3 is 20.1 Å². The largest absolute Gasteiger partial charge is 0.493 e. The molecule has 0 aliphatic rings. The molecule has 0 atom stereocenters. The SMILES string of the molecule is CNCCCNCc1cc(OC)c(OCc2ccc(F)cc2)cc1Br. The van der Waals surface area contributed by atoms with E-state index >= 15 is 0 Å². The monoisotopic (exact) mass is 410 g/mol. The van der Waals surface area contributed by atoms with Crippen LogP contribution in [0.25, 0.3) is 0 Å². The number of methoxy groups -OCH3 is 1. The van der Waals surface area contributed by atoms with E-state index in [4.69, 9.17) is 9.47 Å². The third-order valence-electron chi connectivity index (χ3n) is 3.74. The molecule has 0 fully saturated rings. The maximum Gasteiger partial charge on any atom is 0.162 e. The highest BCUT2D eigenvalue weighted by Gasteiger charge is 2.10. The van der Waals surface area contributed by atoms with Gasteiger partial charge in [-0.2, -0.15) is 0 Å². The standard InChI is InChI=1S/C19H24BrFN2O2/c1-22-8-3-9-23-12-15-10-18(24-2)19(11-17(15)20)25-13-14-4-6-16(21)7-5-14/h4-7,10-11,22-23H,3,8-9,12-13H2,1-2H3. The summed E-state index contributed by atoms with van der Waals surface area (Å²) >= 11 is 3.59. The molecule has 0 bridgehead atoms. The van der Waals surface area contributed by atoms with Crippen LogP contribution in [0.15, 0.2) is 40.9 Å². The molecular weight excluding hydrogens is 387 g/mol. The van der Waals surface area contributed by atoms with Crippen molar-refractivity contribution in [2.24, 2.45) is 0 Å². The quantitative estimate of drug-likeness (QED) is 0.583. The van der Waals surface area contributed by atoms with E-state index in [1.54, 1.807) is 19.2 Å². The third kappa shape index (κ3) is 6.30. The van der Waals surface area contributed by atoms with Crippen LogP contribution in [0.5, 0.6) is 11.5 Å². The van der Waals surface area contributed by atoms with Gasteiger partial charge in [0.1, 0.15) is 12.4 Å². The van der Waals surface area contributed by atoms with Gasteiger partial charge in [0.25, 0.3) is 0 Å². The molecule has 0 aromatic heterocycles. The highest BCUT2D eigenvalue weighted by molar-refractivity contribution is 9.10. The second-order valence-corrected chi connectivity index (χ2v) is 6.50. The molecule has 0 saturated carbocycles. The first-order valence-corrected chi connectivity index (χ1v) is 9.02. The molecule has 2 N–H and O–H groups in total. The molecule has 6 heteroatoms. The molecule has 136 valence electrons. The molecule has 0 saturated heterocycles. The summed E-state index contributed by atoms with van der Waals surface area (Å²) in [5.74, 6) is 1.07. The van der Waals surface area contributed by atoms with Crippen molar-refractivity contribution in [2.75, 3.05) is 27.2 Å². The average Bonchev–Trinajstić information content (AvgIpc) is 2.62. The number of benzene rings is 2. The molecular formula is C19H24BrFN2O2. The van der Waals surface area contributed by atoms with Crippen molar-refractivity contribution in [3.05, 3.63) is 57.8 Å². The van der Waals surface area contributed by atoms with Gasteiger partial charge in [0.2, 0.25) is 0 Å². The molecule has 0 spiro atoms. The topological polar surface area (TPSA) is 42.5 Å². The molecule has 2 aromatic carbocycles. The molecule has 0 aliphatic heterocycles. The summed E-state index contributed by atoms with van der Waals surface area (Å²) in [4.78, 5) is 0. The number of hydrogen-bond donors (Lipinski definition) is 2. The van der Waals surface area contributed by atoms with Crippen LogP contribution in [0.2, 0.25) is 0 Å². The summed E-state index contributed by atoms with van der Waals surface area (Å²) in [5.41, 5.74) is 2.00. The van der Waals surface area contributed by atoms with Gasteiger partial charge in [0.05, 0.1) is 7.11 Å². The Balaban J connectivity index is 1.98. The van der Waals surface area contributed by atoms with Gasteiger partial charge in [-0.1, -0.05) is 28.1 Å². The minimum absolute atomic E-state index is 0.254. The fourth-order valence-electron chi connectivity index (χ4n) is 2.34. The predicted molar refractivity (Wildman–Crippen MR) is 102 cm³/mol. The summed E-state index contributed by atoms with van der Waals surface area (Å²) in [5, 5.41) is 6.54. The van der Waals surface area contributed by atoms with Crippen molar-refractivity contribution in [3.63, 3.8) is 0 Å². The summed E-state index contributed by atoms with van der Waals surface area (Å²) in [6, 6.07) is 10.1. The molecule has 25 heavy (non-hydrogen) atoms. The highest BCUT2D eigenvalue weighted by atomic mass is 79.9. The van der Waals surface area contributed by atoms with Crippen LogP contribution in [0.4, 0.5) is 4.39 Å². The smallest absolute Gasteiger partial charge is 0.162 e. The van der Waals surface area contributed by atoms with Crippen molar-refractivity contribution >= 4 is 15.9 Å².